The molecule has 0 aromatic rings. The van der Waals surface area contributed by atoms with Crippen molar-refractivity contribution < 1.29 is 23.9 Å². The lowest BCUT2D eigenvalue weighted by Gasteiger charge is -2.18. The van der Waals surface area contributed by atoms with Gasteiger partial charge in [-0.1, -0.05) is 0 Å². The Bertz CT molecular complexity index is 429. The minimum atomic E-state index is -0.747. The highest BCUT2D eigenvalue weighted by Gasteiger charge is 2.71. The maximum Gasteiger partial charge on any atom is 0.374 e. The molecule has 0 radical (unpaired) electrons. The van der Waals surface area contributed by atoms with E-state index in [2.05, 4.69) is 4.74 Å². The molecular formula is C13H16O5. The normalized spacial score (nSPS) is 43.2. The Morgan fingerprint density at radius 2 is 1.72 bits per heavy atom. The van der Waals surface area contributed by atoms with Crippen molar-refractivity contribution in [1.82, 2.24) is 0 Å². The Labute approximate surface area is 105 Å². The van der Waals surface area contributed by atoms with Gasteiger partial charge in [0, 0.05) is 5.92 Å². The molecule has 3 aliphatic carbocycles. The summed E-state index contributed by atoms with van der Waals surface area (Å²) in [7, 11) is 2.63. The van der Waals surface area contributed by atoms with E-state index in [4.69, 9.17) is 4.74 Å². The largest absolute Gasteiger partial charge is 0.469 e. The monoisotopic (exact) mass is 252 g/mol. The van der Waals surface area contributed by atoms with Crippen molar-refractivity contribution in [3.8, 4) is 0 Å². The summed E-state index contributed by atoms with van der Waals surface area (Å²) in [5.74, 6) is -0.448. The smallest absolute Gasteiger partial charge is 0.374 e. The van der Waals surface area contributed by atoms with Gasteiger partial charge in [0.15, 0.2) is 0 Å². The fraction of sp³-hybridized carbons (Fsp3) is 0.769. The molecule has 0 aromatic carbocycles. The molecule has 5 nitrogen and oxygen atoms in total. The lowest BCUT2D eigenvalue weighted by molar-refractivity contribution is -0.152. The fourth-order valence-electron chi connectivity index (χ4n) is 4.38. The van der Waals surface area contributed by atoms with Crippen LogP contribution in [0.5, 0.6) is 0 Å². The van der Waals surface area contributed by atoms with Gasteiger partial charge in [-0.25, -0.2) is 4.79 Å². The third-order valence-electron chi connectivity index (χ3n) is 5.01. The number of hydrogen-bond donors (Lipinski definition) is 0. The van der Waals surface area contributed by atoms with Crippen LogP contribution < -0.4 is 0 Å². The summed E-state index contributed by atoms with van der Waals surface area (Å²) in [6, 6.07) is 0. The van der Waals surface area contributed by atoms with E-state index in [1.807, 2.05) is 0 Å². The van der Waals surface area contributed by atoms with Gasteiger partial charge in [0.1, 0.15) is 0 Å². The molecule has 0 aromatic heterocycles. The van der Waals surface area contributed by atoms with E-state index in [1.54, 1.807) is 0 Å². The summed E-state index contributed by atoms with van der Waals surface area (Å²) < 4.78 is 9.29. The van der Waals surface area contributed by atoms with Crippen molar-refractivity contribution in [2.45, 2.75) is 12.8 Å². The molecule has 0 saturated heterocycles. The summed E-state index contributed by atoms with van der Waals surface area (Å²) in [6.45, 7) is 0. The third-order valence-corrected chi connectivity index (χ3v) is 5.01. The Balaban J connectivity index is 1.72. The number of carbonyl (C=O) groups is 3. The van der Waals surface area contributed by atoms with E-state index in [1.165, 1.54) is 14.2 Å². The van der Waals surface area contributed by atoms with Gasteiger partial charge < -0.3 is 9.47 Å². The van der Waals surface area contributed by atoms with Crippen molar-refractivity contribution in [3.05, 3.63) is 0 Å². The number of rotatable bonds is 3. The molecule has 3 fully saturated rings. The second-order valence-electron chi connectivity index (χ2n) is 5.56. The van der Waals surface area contributed by atoms with Crippen LogP contribution in [0.3, 0.4) is 0 Å². The standard InChI is InChI=1S/C13H16O5/c1-17-12(15)7-4-5-3-6(7)9-8(5)10(9)11(14)13(16)18-2/h5-10H,3-4H2,1-2H3. The van der Waals surface area contributed by atoms with Gasteiger partial charge in [0.05, 0.1) is 20.1 Å². The zero-order valence-corrected chi connectivity index (χ0v) is 10.4. The van der Waals surface area contributed by atoms with Gasteiger partial charge in [-0.3, -0.25) is 9.59 Å². The molecule has 6 atom stereocenters. The molecular weight excluding hydrogens is 236 g/mol. The maximum atomic E-state index is 11.8. The van der Waals surface area contributed by atoms with Crippen molar-refractivity contribution in [2.75, 3.05) is 14.2 Å². The Morgan fingerprint density at radius 1 is 1.00 bits per heavy atom. The quantitative estimate of drug-likeness (QED) is 0.538. The minimum Gasteiger partial charge on any atom is -0.469 e. The van der Waals surface area contributed by atoms with E-state index in [-0.39, 0.29) is 29.6 Å². The highest BCUT2D eigenvalue weighted by molar-refractivity contribution is 6.35. The highest BCUT2D eigenvalue weighted by atomic mass is 16.5. The second kappa shape index (κ2) is 3.80. The van der Waals surface area contributed by atoms with Crippen LogP contribution in [0.4, 0.5) is 0 Å². The van der Waals surface area contributed by atoms with Crippen LogP contribution in [0.2, 0.25) is 0 Å². The van der Waals surface area contributed by atoms with Gasteiger partial charge in [-0.05, 0) is 36.5 Å². The average molecular weight is 252 g/mol. The molecule has 0 amide bonds. The van der Waals surface area contributed by atoms with E-state index < -0.39 is 11.8 Å². The van der Waals surface area contributed by atoms with E-state index >= 15 is 0 Å². The first kappa shape index (κ1) is 11.7. The molecule has 18 heavy (non-hydrogen) atoms. The van der Waals surface area contributed by atoms with Crippen molar-refractivity contribution in [3.63, 3.8) is 0 Å². The van der Waals surface area contributed by atoms with Crippen LogP contribution in [0.25, 0.3) is 0 Å². The lowest BCUT2D eigenvalue weighted by Crippen LogP contribution is -2.24. The number of esters is 2. The van der Waals surface area contributed by atoms with Crippen LogP contribution in [0.1, 0.15) is 12.8 Å². The Hall–Kier alpha value is -1.39. The zero-order valence-electron chi connectivity index (χ0n) is 10.4. The molecule has 3 aliphatic rings. The molecule has 6 unspecified atom stereocenters. The fourth-order valence-corrected chi connectivity index (χ4v) is 4.38. The van der Waals surface area contributed by atoms with Crippen LogP contribution in [0.15, 0.2) is 0 Å². The molecule has 3 rings (SSSR count). The summed E-state index contributed by atoms with van der Waals surface area (Å²) >= 11 is 0. The SMILES string of the molecule is COC(=O)C(=O)C1C2C3CC(C(=O)OC)C(C3)C12. The number of ketones is 1. The number of fused-ring (bicyclic) bond motifs is 5. The molecule has 2 bridgehead atoms. The number of ether oxygens (including phenoxy) is 2. The first-order valence-electron chi connectivity index (χ1n) is 6.30. The van der Waals surface area contributed by atoms with Gasteiger partial charge in [-0.2, -0.15) is 0 Å². The molecule has 98 valence electrons. The highest BCUT2D eigenvalue weighted by Crippen LogP contribution is 2.71. The lowest BCUT2D eigenvalue weighted by atomic mass is 9.88. The molecule has 0 spiro atoms. The summed E-state index contributed by atoms with van der Waals surface area (Å²) in [5.41, 5.74) is 0. The Morgan fingerprint density at radius 3 is 2.33 bits per heavy atom. The minimum absolute atomic E-state index is 0.0725. The van der Waals surface area contributed by atoms with Crippen LogP contribution >= 0.6 is 0 Å². The van der Waals surface area contributed by atoms with Crippen LogP contribution in [-0.2, 0) is 23.9 Å². The van der Waals surface area contributed by atoms with Crippen LogP contribution in [0, 0.1) is 35.5 Å². The average Bonchev–Trinajstić information content (AvgIpc) is 2.86. The van der Waals surface area contributed by atoms with Crippen LogP contribution in [-0.4, -0.2) is 31.9 Å². The predicted molar refractivity (Wildman–Crippen MR) is 59.2 cm³/mol. The third kappa shape index (κ3) is 1.36. The van der Waals surface area contributed by atoms with E-state index in [0.717, 1.165) is 12.8 Å². The van der Waals surface area contributed by atoms with Gasteiger partial charge >= 0.3 is 11.9 Å². The molecule has 0 heterocycles. The first-order valence-corrected chi connectivity index (χ1v) is 6.30. The van der Waals surface area contributed by atoms with E-state index in [9.17, 15) is 14.4 Å². The van der Waals surface area contributed by atoms with Crippen molar-refractivity contribution in [1.29, 1.82) is 0 Å². The van der Waals surface area contributed by atoms with Gasteiger partial charge in [-0.15, -0.1) is 0 Å². The predicted octanol–water partition coefficient (Wildman–Crippen LogP) is 0.420. The maximum absolute atomic E-state index is 11.8. The topological polar surface area (TPSA) is 69.7 Å². The van der Waals surface area contributed by atoms with E-state index in [0.29, 0.717) is 11.8 Å². The summed E-state index contributed by atoms with van der Waals surface area (Å²) in [6.07, 6.45) is 1.81. The number of methoxy groups -OCH3 is 2. The van der Waals surface area contributed by atoms with Gasteiger partial charge in [0.25, 0.3) is 0 Å². The Kier molecular flexibility index (Phi) is 2.47. The molecule has 3 saturated carbocycles. The van der Waals surface area contributed by atoms with Crippen molar-refractivity contribution in [2.24, 2.45) is 35.5 Å². The number of carbonyl (C=O) groups excluding carboxylic acids is 3. The molecule has 0 aliphatic heterocycles. The summed E-state index contributed by atoms with van der Waals surface area (Å²) in [5, 5.41) is 0. The number of hydrogen-bond acceptors (Lipinski definition) is 5. The van der Waals surface area contributed by atoms with Crippen molar-refractivity contribution >= 4 is 17.7 Å². The summed E-state index contributed by atoms with van der Waals surface area (Å²) in [4.78, 5) is 34.7. The zero-order chi connectivity index (χ0) is 13.0. The number of Topliss-reactive ketones (excluding diaryl/α,β-unsaturated/α-hetero) is 1. The second-order valence-corrected chi connectivity index (χ2v) is 5.56. The molecule has 5 heteroatoms. The van der Waals surface area contributed by atoms with Gasteiger partial charge in [0.2, 0.25) is 5.78 Å². The molecule has 0 N–H and O–H groups in total. The first-order chi connectivity index (χ1) is 8.60.